The summed E-state index contributed by atoms with van der Waals surface area (Å²) in [7, 11) is -4.08. The summed E-state index contributed by atoms with van der Waals surface area (Å²) in [4.78, 5) is 0.0313. The van der Waals surface area contributed by atoms with Crippen LogP contribution in [0.3, 0.4) is 0 Å². The lowest BCUT2D eigenvalue weighted by Crippen LogP contribution is -2.21. The Morgan fingerprint density at radius 2 is 1.68 bits per heavy atom. The summed E-state index contributed by atoms with van der Waals surface area (Å²) in [6, 6.07) is 28.4. The number of fused-ring (bicyclic) bond motifs is 1. The molecule has 1 atom stereocenters. The van der Waals surface area contributed by atoms with Gasteiger partial charge in [0.15, 0.2) is 11.5 Å². The van der Waals surface area contributed by atoms with Gasteiger partial charge in [-0.3, -0.25) is 0 Å². The topological polar surface area (TPSA) is 121 Å². The molecule has 41 heavy (non-hydrogen) atoms. The highest BCUT2D eigenvalue weighted by Gasteiger charge is 2.32. The molecule has 0 spiro atoms. The smallest absolute Gasteiger partial charge is 0.339 e. The minimum absolute atomic E-state index is 0.0313. The SMILES string of the molecule is CCOc1cc(C2C(C#N)=C(N)Oc3cc(OS(=O)(=O)c4ccc(C)cc4)ccc32)ccc1OCc1ccccc1. The second-order valence-electron chi connectivity index (χ2n) is 9.39. The number of ether oxygens (including phenoxy) is 3. The van der Waals surface area contributed by atoms with Crippen LogP contribution in [0.2, 0.25) is 0 Å². The highest BCUT2D eigenvalue weighted by Crippen LogP contribution is 2.45. The molecule has 5 rings (SSSR count). The zero-order valence-corrected chi connectivity index (χ0v) is 23.4. The van der Waals surface area contributed by atoms with Gasteiger partial charge in [0.2, 0.25) is 5.88 Å². The normalized spacial score (nSPS) is 14.4. The average Bonchev–Trinajstić information content (AvgIpc) is 2.96. The van der Waals surface area contributed by atoms with Crippen LogP contribution in [0.1, 0.15) is 35.1 Å². The number of rotatable bonds is 9. The summed E-state index contributed by atoms with van der Waals surface area (Å²) in [6.07, 6.45) is 0. The lowest BCUT2D eigenvalue weighted by atomic mass is 9.83. The van der Waals surface area contributed by atoms with Crippen LogP contribution < -0.4 is 24.1 Å². The third-order valence-electron chi connectivity index (χ3n) is 6.54. The van der Waals surface area contributed by atoms with Crippen LogP contribution in [0.4, 0.5) is 0 Å². The Balaban J connectivity index is 1.47. The molecule has 0 bridgehead atoms. The highest BCUT2D eigenvalue weighted by atomic mass is 32.2. The first-order valence-electron chi connectivity index (χ1n) is 12.9. The van der Waals surface area contributed by atoms with E-state index in [2.05, 4.69) is 6.07 Å². The maximum absolute atomic E-state index is 12.8. The van der Waals surface area contributed by atoms with Gasteiger partial charge in [-0.15, -0.1) is 0 Å². The quantitative estimate of drug-likeness (QED) is 0.246. The van der Waals surface area contributed by atoms with Crippen LogP contribution >= 0.6 is 0 Å². The van der Waals surface area contributed by atoms with Gasteiger partial charge in [-0.05, 0) is 55.3 Å². The minimum Gasteiger partial charge on any atom is -0.490 e. The van der Waals surface area contributed by atoms with Gasteiger partial charge in [-0.1, -0.05) is 60.2 Å². The second-order valence-corrected chi connectivity index (χ2v) is 10.9. The monoisotopic (exact) mass is 568 g/mol. The fourth-order valence-corrected chi connectivity index (χ4v) is 5.46. The molecule has 1 heterocycles. The first-order chi connectivity index (χ1) is 19.8. The number of aryl methyl sites for hydroxylation is 1. The van der Waals surface area contributed by atoms with Gasteiger partial charge in [0.1, 0.15) is 34.6 Å². The van der Waals surface area contributed by atoms with E-state index < -0.39 is 16.0 Å². The molecule has 1 unspecified atom stereocenters. The first-order valence-corrected chi connectivity index (χ1v) is 14.4. The van der Waals surface area contributed by atoms with Crippen LogP contribution in [0.5, 0.6) is 23.0 Å². The van der Waals surface area contributed by atoms with E-state index in [4.69, 9.17) is 24.1 Å². The molecule has 0 aliphatic carbocycles. The number of nitrogens with two attached hydrogens (primary N) is 1. The molecular formula is C32H28N2O6S. The summed E-state index contributed by atoms with van der Waals surface area (Å²) in [5.41, 5.74) is 9.69. The molecule has 4 aromatic carbocycles. The first kappa shape index (κ1) is 27.6. The van der Waals surface area contributed by atoms with Crippen molar-refractivity contribution in [1.82, 2.24) is 0 Å². The number of hydrogen-bond donors (Lipinski definition) is 1. The van der Waals surface area contributed by atoms with Gasteiger partial charge in [0.05, 0.1) is 12.5 Å². The maximum atomic E-state index is 12.8. The number of nitriles is 1. The van der Waals surface area contributed by atoms with Crippen LogP contribution in [-0.2, 0) is 16.7 Å². The van der Waals surface area contributed by atoms with Crippen molar-refractivity contribution < 1.29 is 26.8 Å². The highest BCUT2D eigenvalue weighted by molar-refractivity contribution is 7.87. The molecule has 0 aromatic heterocycles. The van der Waals surface area contributed by atoms with Crippen LogP contribution in [0, 0.1) is 18.3 Å². The Kier molecular flexibility index (Phi) is 7.86. The molecular weight excluding hydrogens is 540 g/mol. The molecule has 0 saturated carbocycles. The number of benzene rings is 4. The van der Waals surface area contributed by atoms with E-state index in [1.165, 1.54) is 24.3 Å². The summed E-state index contributed by atoms with van der Waals surface area (Å²) in [5.74, 6) is 0.752. The number of allylic oxidation sites excluding steroid dienone is 1. The number of nitrogens with zero attached hydrogens (tertiary/aromatic N) is 1. The fraction of sp³-hybridized carbons (Fsp3) is 0.156. The van der Waals surface area contributed by atoms with Crippen molar-refractivity contribution in [2.45, 2.75) is 31.3 Å². The van der Waals surface area contributed by atoms with Crippen molar-refractivity contribution in [3.63, 3.8) is 0 Å². The van der Waals surface area contributed by atoms with Crippen molar-refractivity contribution >= 4 is 10.1 Å². The predicted molar refractivity (Wildman–Crippen MR) is 153 cm³/mol. The Morgan fingerprint density at radius 1 is 0.927 bits per heavy atom. The summed E-state index contributed by atoms with van der Waals surface area (Å²) in [6.45, 7) is 4.52. The van der Waals surface area contributed by atoms with E-state index in [1.54, 1.807) is 24.3 Å². The van der Waals surface area contributed by atoms with Crippen molar-refractivity contribution in [3.05, 3.63) is 125 Å². The third kappa shape index (κ3) is 5.98. The van der Waals surface area contributed by atoms with E-state index in [1.807, 2.05) is 56.3 Å². The maximum Gasteiger partial charge on any atom is 0.339 e. The molecule has 2 N–H and O–H groups in total. The Hall–Kier alpha value is -4.94. The van der Waals surface area contributed by atoms with E-state index in [0.717, 1.165) is 16.7 Å². The van der Waals surface area contributed by atoms with Gasteiger partial charge in [-0.2, -0.15) is 13.7 Å². The second kappa shape index (κ2) is 11.7. The van der Waals surface area contributed by atoms with Gasteiger partial charge < -0.3 is 24.1 Å². The molecule has 1 aliphatic rings. The van der Waals surface area contributed by atoms with Crippen molar-refractivity contribution in [2.24, 2.45) is 5.73 Å². The molecule has 0 saturated heterocycles. The Morgan fingerprint density at radius 3 is 2.39 bits per heavy atom. The van der Waals surface area contributed by atoms with Crippen molar-refractivity contribution in [1.29, 1.82) is 5.26 Å². The van der Waals surface area contributed by atoms with Crippen molar-refractivity contribution in [3.8, 4) is 29.1 Å². The van der Waals surface area contributed by atoms with Gasteiger partial charge >= 0.3 is 10.1 Å². The molecule has 8 nitrogen and oxygen atoms in total. The predicted octanol–water partition coefficient (Wildman–Crippen LogP) is 5.96. The van der Waals surface area contributed by atoms with E-state index >= 15 is 0 Å². The minimum atomic E-state index is -4.08. The van der Waals surface area contributed by atoms with Crippen LogP contribution in [-0.4, -0.2) is 15.0 Å². The Labute approximate surface area is 239 Å². The van der Waals surface area contributed by atoms with E-state index in [-0.39, 0.29) is 27.9 Å². The van der Waals surface area contributed by atoms with Gasteiger partial charge in [-0.25, -0.2) is 0 Å². The third-order valence-corrected chi connectivity index (χ3v) is 7.81. The van der Waals surface area contributed by atoms with Crippen LogP contribution in [0.25, 0.3) is 0 Å². The van der Waals surface area contributed by atoms with Crippen LogP contribution in [0.15, 0.2) is 107 Å². The zero-order valence-electron chi connectivity index (χ0n) is 22.5. The summed E-state index contributed by atoms with van der Waals surface area (Å²) in [5, 5.41) is 9.98. The Bertz CT molecular complexity index is 1740. The van der Waals surface area contributed by atoms with Crippen molar-refractivity contribution in [2.75, 3.05) is 6.61 Å². The fourth-order valence-electron chi connectivity index (χ4n) is 4.54. The zero-order chi connectivity index (χ0) is 29.0. The molecule has 0 radical (unpaired) electrons. The van der Waals surface area contributed by atoms with E-state index in [0.29, 0.717) is 30.3 Å². The molecule has 9 heteroatoms. The largest absolute Gasteiger partial charge is 0.490 e. The molecule has 0 fully saturated rings. The van der Waals surface area contributed by atoms with Gasteiger partial charge in [0, 0.05) is 11.6 Å². The summed E-state index contributed by atoms with van der Waals surface area (Å²) < 4.78 is 48.8. The lowest BCUT2D eigenvalue weighted by Gasteiger charge is -2.27. The molecule has 208 valence electrons. The molecule has 1 aliphatic heterocycles. The molecule has 4 aromatic rings. The van der Waals surface area contributed by atoms with Gasteiger partial charge in [0.25, 0.3) is 0 Å². The number of hydrogen-bond acceptors (Lipinski definition) is 8. The standard InChI is InChI=1S/C32H28N2O6S/c1-3-37-30-17-23(11-16-28(30)38-20-22-7-5-4-6-8-22)31-26-15-12-24(18-29(26)39-32(34)27(31)19-33)40-41(35,36)25-13-9-21(2)10-14-25/h4-18,31H,3,20,34H2,1-2H3. The summed E-state index contributed by atoms with van der Waals surface area (Å²) >= 11 is 0. The van der Waals surface area contributed by atoms with E-state index in [9.17, 15) is 13.7 Å². The molecule has 0 amide bonds. The average molecular weight is 569 g/mol. The lowest BCUT2D eigenvalue weighted by molar-refractivity contribution is 0.269.